The number of rotatable bonds is 3. The van der Waals surface area contributed by atoms with Crippen LogP contribution in [0.15, 0.2) is 46.9 Å². The average molecular weight is 329 g/mol. The van der Waals surface area contributed by atoms with Crippen LogP contribution in [0, 0.1) is 5.82 Å². The highest BCUT2D eigenvalue weighted by atomic mass is 79.9. The van der Waals surface area contributed by atoms with Crippen LogP contribution in [-0.4, -0.2) is 0 Å². The molecule has 0 fully saturated rings. The van der Waals surface area contributed by atoms with E-state index in [0.717, 1.165) is 15.6 Å². The third-order valence-corrected chi connectivity index (χ3v) is 3.77. The van der Waals surface area contributed by atoms with E-state index in [0.29, 0.717) is 6.42 Å². The lowest BCUT2D eigenvalue weighted by Crippen LogP contribution is -2.14. The standard InChI is InChI=1S/C14H12BrClFN/c15-11-4-2-1-3-10(11)14(18)8-9-5-6-12(16)13(17)7-9/h1-7,14H,8,18H2. The molecule has 0 amide bonds. The quantitative estimate of drug-likeness (QED) is 0.883. The van der Waals surface area contributed by atoms with Gasteiger partial charge in [0.1, 0.15) is 5.82 Å². The molecule has 0 aliphatic heterocycles. The Morgan fingerprint density at radius 3 is 2.61 bits per heavy atom. The van der Waals surface area contributed by atoms with E-state index in [1.165, 1.54) is 6.07 Å². The van der Waals surface area contributed by atoms with E-state index >= 15 is 0 Å². The highest BCUT2D eigenvalue weighted by Crippen LogP contribution is 2.25. The second kappa shape index (κ2) is 5.83. The SMILES string of the molecule is NC(Cc1ccc(Cl)c(F)c1)c1ccccc1Br. The molecule has 0 saturated carbocycles. The fraction of sp³-hybridized carbons (Fsp3) is 0.143. The highest BCUT2D eigenvalue weighted by molar-refractivity contribution is 9.10. The minimum absolute atomic E-state index is 0.133. The molecular weight excluding hydrogens is 317 g/mol. The van der Waals surface area contributed by atoms with Crippen molar-refractivity contribution in [2.45, 2.75) is 12.5 Å². The van der Waals surface area contributed by atoms with Crippen molar-refractivity contribution in [2.24, 2.45) is 5.73 Å². The molecule has 0 aliphatic carbocycles. The predicted octanol–water partition coefficient (Wildman–Crippen LogP) is 4.48. The largest absolute Gasteiger partial charge is 0.324 e. The van der Waals surface area contributed by atoms with Crippen molar-refractivity contribution in [2.75, 3.05) is 0 Å². The molecule has 1 atom stereocenters. The number of halogens is 3. The fourth-order valence-electron chi connectivity index (χ4n) is 1.81. The Morgan fingerprint density at radius 2 is 1.94 bits per heavy atom. The van der Waals surface area contributed by atoms with E-state index < -0.39 is 5.82 Å². The van der Waals surface area contributed by atoms with Gasteiger partial charge in [-0.15, -0.1) is 0 Å². The molecule has 0 saturated heterocycles. The second-order valence-electron chi connectivity index (χ2n) is 4.08. The number of hydrogen-bond donors (Lipinski definition) is 1. The number of hydrogen-bond acceptors (Lipinski definition) is 1. The van der Waals surface area contributed by atoms with E-state index in [2.05, 4.69) is 15.9 Å². The van der Waals surface area contributed by atoms with Crippen molar-refractivity contribution < 1.29 is 4.39 Å². The summed E-state index contributed by atoms with van der Waals surface area (Å²) < 4.78 is 14.3. The lowest BCUT2D eigenvalue weighted by molar-refractivity contribution is 0.622. The molecule has 0 aliphatic rings. The van der Waals surface area contributed by atoms with Crippen LogP contribution in [0.5, 0.6) is 0 Å². The zero-order valence-electron chi connectivity index (χ0n) is 9.54. The van der Waals surface area contributed by atoms with Crippen molar-refractivity contribution in [1.29, 1.82) is 0 Å². The first-order valence-electron chi connectivity index (χ1n) is 5.52. The van der Waals surface area contributed by atoms with Crippen LogP contribution < -0.4 is 5.73 Å². The van der Waals surface area contributed by atoms with E-state index in [4.69, 9.17) is 17.3 Å². The van der Waals surface area contributed by atoms with Gasteiger partial charge in [0.05, 0.1) is 5.02 Å². The third kappa shape index (κ3) is 3.10. The maximum atomic E-state index is 13.3. The molecule has 94 valence electrons. The monoisotopic (exact) mass is 327 g/mol. The van der Waals surface area contributed by atoms with Gasteiger partial charge in [-0.2, -0.15) is 0 Å². The van der Waals surface area contributed by atoms with Crippen LogP contribution in [0.3, 0.4) is 0 Å². The van der Waals surface area contributed by atoms with Crippen molar-refractivity contribution >= 4 is 27.5 Å². The van der Waals surface area contributed by atoms with E-state index in [1.807, 2.05) is 24.3 Å². The third-order valence-electron chi connectivity index (χ3n) is 2.74. The number of nitrogens with two attached hydrogens (primary N) is 1. The van der Waals surface area contributed by atoms with Gasteiger partial charge in [0.2, 0.25) is 0 Å². The molecule has 0 heterocycles. The van der Waals surface area contributed by atoms with E-state index in [-0.39, 0.29) is 11.1 Å². The summed E-state index contributed by atoms with van der Waals surface area (Å²) in [6, 6.07) is 12.4. The lowest BCUT2D eigenvalue weighted by atomic mass is 10.00. The predicted molar refractivity (Wildman–Crippen MR) is 76.2 cm³/mol. The van der Waals surface area contributed by atoms with Crippen molar-refractivity contribution in [3.8, 4) is 0 Å². The molecule has 0 spiro atoms. The fourth-order valence-corrected chi connectivity index (χ4v) is 2.50. The second-order valence-corrected chi connectivity index (χ2v) is 5.34. The first-order chi connectivity index (χ1) is 8.58. The van der Waals surface area contributed by atoms with Crippen molar-refractivity contribution in [3.63, 3.8) is 0 Å². The van der Waals surface area contributed by atoms with Crippen LogP contribution in [-0.2, 0) is 6.42 Å². The molecule has 0 bridgehead atoms. The van der Waals surface area contributed by atoms with Gasteiger partial charge in [-0.3, -0.25) is 0 Å². The van der Waals surface area contributed by atoms with Gasteiger partial charge in [-0.05, 0) is 35.7 Å². The van der Waals surface area contributed by atoms with Gasteiger partial charge in [-0.1, -0.05) is 51.8 Å². The molecule has 2 aromatic carbocycles. The normalized spacial score (nSPS) is 12.4. The minimum Gasteiger partial charge on any atom is -0.324 e. The summed E-state index contributed by atoms with van der Waals surface area (Å²) in [5, 5.41) is 0.133. The Labute approximate surface area is 119 Å². The van der Waals surface area contributed by atoms with Crippen molar-refractivity contribution in [3.05, 3.63) is 68.9 Å². The van der Waals surface area contributed by atoms with Gasteiger partial charge in [0.25, 0.3) is 0 Å². The summed E-state index contributed by atoms with van der Waals surface area (Å²) in [6.07, 6.45) is 0.566. The Bertz CT molecular complexity index is 559. The zero-order valence-corrected chi connectivity index (χ0v) is 11.9. The smallest absolute Gasteiger partial charge is 0.142 e. The summed E-state index contributed by atoms with van der Waals surface area (Å²) in [5.41, 5.74) is 7.97. The maximum absolute atomic E-state index is 13.3. The molecule has 18 heavy (non-hydrogen) atoms. The van der Waals surface area contributed by atoms with Gasteiger partial charge in [-0.25, -0.2) is 4.39 Å². The highest BCUT2D eigenvalue weighted by Gasteiger charge is 2.11. The van der Waals surface area contributed by atoms with Crippen molar-refractivity contribution in [1.82, 2.24) is 0 Å². The molecule has 1 unspecified atom stereocenters. The summed E-state index contributed by atoms with van der Waals surface area (Å²) in [6.45, 7) is 0. The zero-order chi connectivity index (χ0) is 13.1. The first kappa shape index (κ1) is 13.5. The minimum atomic E-state index is -0.409. The topological polar surface area (TPSA) is 26.0 Å². The summed E-state index contributed by atoms with van der Waals surface area (Å²) in [4.78, 5) is 0. The molecule has 2 rings (SSSR count). The van der Waals surface area contributed by atoms with Crippen LogP contribution >= 0.6 is 27.5 Å². The van der Waals surface area contributed by atoms with Crippen LogP contribution in [0.1, 0.15) is 17.2 Å². The Kier molecular flexibility index (Phi) is 4.38. The molecule has 1 nitrogen and oxygen atoms in total. The van der Waals surface area contributed by atoms with Gasteiger partial charge in [0, 0.05) is 10.5 Å². The molecule has 0 radical (unpaired) electrons. The summed E-state index contributed by atoms with van der Waals surface area (Å²) in [7, 11) is 0. The Morgan fingerprint density at radius 1 is 1.22 bits per heavy atom. The maximum Gasteiger partial charge on any atom is 0.142 e. The molecule has 2 aromatic rings. The summed E-state index contributed by atoms with van der Waals surface area (Å²) in [5.74, 6) is -0.409. The van der Waals surface area contributed by atoms with E-state index in [1.54, 1.807) is 12.1 Å². The number of benzene rings is 2. The lowest BCUT2D eigenvalue weighted by Gasteiger charge is -2.14. The Hall–Kier alpha value is -0.900. The molecule has 2 N–H and O–H groups in total. The van der Waals surface area contributed by atoms with Crippen LogP contribution in [0.2, 0.25) is 5.02 Å². The Balaban J connectivity index is 2.19. The van der Waals surface area contributed by atoms with Gasteiger partial charge in [0.15, 0.2) is 0 Å². The molecule has 4 heteroatoms. The average Bonchev–Trinajstić information content (AvgIpc) is 2.34. The summed E-state index contributed by atoms with van der Waals surface area (Å²) >= 11 is 9.11. The molecule has 0 aromatic heterocycles. The van der Waals surface area contributed by atoms with Crippen LogP contribution in [0.4, 0.5) is 4.39 Å². The van der Waals surface area contributed by atoms with Gasteiger partial charge >= 0.3 is 0 Å². The molecular formula is C14H12BrClFN. The first-order valence-corrected chi connectivity index (χ1v) is 6.69. The van der Waals surface area contributed by atoms with Gasteiger partial charge < -0.3 is 5.73 Å². The van der Waals surface area contributed by atoms with Crippen LogP contribution in [0.25, 0.3) is 0 Å². The van der Waals surface area contributed by atoms with E-state index in [9.17, 15) is 4.39 Å².